The van der Waals surface area contributed by atoms with Crippen LogP contribution in [0.1, 0.15) is 41.8 Å². The third-order valence-electron chi connectivity index (χ3n) is 3.83. The molecule has 21 heavy (non-hydrogen) atoms. The Morgan fingerprint density at radius 2 is 1.95 bits per heavy atom. The molecule has 1 aliphatic rings. The number of benzene rings is 1. The van der Waals surface area contributed by atoms with Crippen molar-refractivity contribution in [3.8, 4) is 0 Å². The second-order valence-electron chi connectivity index (χ2n) is 6.03. The SMILES string of the molecule is CCCNCC(C)CN1C(=O)C(=O)c2c(C)cc(C)cc21. The molecule has 1 amide bonds. The number of nitrogens with zero attached hydrogens (tertiary/aromatic N) is 1. The third-order valence-corrected chi connectivity index (χ3v) is 3.83. The lowest BCUT2D eigenvalue weighted by atomic mass is 10.0. The summed E-state index contributed by atoms with van der Waals surface area (Å²) in [4.78, 5) is 26.1. The van der Waals surface area contributed by atoms with Crippen LogP contribution in [0.2, 0.25) is 0 Å². The smallest absolute Gasteiger partial charge is 0.299 e. The molecule has 1 atom stereocenters. The Bertz CT molecular complexity index is 566. The molecule has 0 aliphatic carbocycles. The largest absolute Gasteiger partial charge is 0.316 e. The average Bonchev–Trinajstić information content (AvgIpc) is 2.64. The highest BCUT2D eigenvalue weighted by Gasteiger charge is 2.37. The molecule has 0 spiro atoms. The molecule has 1 N–H and O–H groups in total. The van der Waals surface area contributed by atoms with Gasteiger partial charge in [0, 0.05) is 6.54 Å². The lowest BCUT2D eigenvalue weighted by Crippen LogP contribution is -2.37. The van der Waals surface area contributed by atoms with Crippen molar-refractivity contribution in [2.75, 3.05) is 24.5 Å². The first-order valence-corrected chi connectivity index (χ1v) is 7.63. The van der Waals surface area contributed by atoms with E-state index in [0.717, 1.165) is 36.3 Å². The molecule has 1 unspecified atom stereocenters. The van der Waals surface area contributed by atoms with Crippen LogP contribution >= 0.6 is 0 Å². The van der Waals surface area contributed by atoms with Crippen LogP contribution in [0.3, 0.4) is 0 Å². The number of hydrogen-bond donors (Lipinski definition) is 1. The van der Waals surface area contributed by atoms with E-state index in [0.29, 0.717) is 18.0 Å². The minimum absolute atomic E-state index is 0.306. The number of carbonyl (C=O) groups is 2. The quantitative estimate of drug-likeness (QED) is 0.646. The predicted octanol–water partition coefficient (Wildman–Crippen LogP) is 2.47. The molecule has 0 saturated carbocycles. The fraction of sp³-hybridized carbons (Fsp3) is 0.529. The fourth-order valence-corrected chi connectivity index (χ4v) is 2.88. The molecule has 4 nitrogen and oxygen atoms in total. The van der Waals surface area contributed by atoms with Gasteiger partial charge in [-0.1, -0.05) is 19.9 Å². The Morgan fingerprint density at radius 3 is 2.62 bits per heavy atom. The first-order chi connectivity index (χ1) is 9.95. The van der Waals surface area contributed by atoms with Crippen LogP contribution < -0.4 is 10.2 Å². The van der Waals surface area contributed by atoms with Crippen molar-refractivity contribution in [2.24, 2.45) is 5.92 Å². The molecule has 4 heteroatoms. The van der Waals surface area contributed by atoms with E-state index in [-0.39, 0.29) is 11.7 Å². The molecule has 0 fully saturated rings. The van der Waals surface area contributed by atoms with Crippen molar-refractivity contribution in [3.05, 3.63) is 28.8 Å². The summed E-state index contributed by atoms with van der Waals surface area (Å²) in [6.45, 7) is 10.5. The van der Waals surface area contributed by atoms with E-state index in [1.54, 1.807) is 4.90 Å². The van der Waals surface area contributed by atoms with Crippen molar-refractivity contribution >= 4 is 17.4 Å². The molecule has 1 aromatic rings. The van der Waals surface area contributed by atoms with Crippen LogP contribution in [0.25, 0.3) is 0 Å². The summed E-state index contributed by atoms with van der Waals surface area (Å²) >= 11 is 0. The van der Waals surface area contributed by atoms with Crippen molar-refractivity contribution in [1.82, 2.24) is 5.32 Å². The van der Waals surface area contributed by atoms with Gasteiger partial charge in [-0.15, -0.1) is 0 Å². The molecule has 1 heterocycles. The maximum absolute atomic E-state index is 12.2. The van der Waals surface area contributed by atoms with Crippen LogP contribution in [-0.2, 0) is 4.79 Å². The number of anilines is 1. The van der Waals surface area contributed by atoms with Crippen molar-refractivity contribution in [2.45, 2.75) is 34.1 Å². The zero-order chi connectivity index (χ0) is 15.6. The summed E-state index contributed by atoms with van der Waals surface area (Å²) in [7, 11) is 0. The summed E-state index contributed by atoms with van der Waals surface area (Å²) in [5.74, 6) is -0.447. The highest BCUT2D eigenvalue weighted by Crippen LogP contribution is 2.33. The molecule has 0 aromatic heterocycles. The van der Waals surface area contributed by atoms with Crippen LogP contribution in [0.5, 0.6) is 0 Å². The molecule has 0 radical (unpaired) electrons. The zero-order valence-corrected chi connectivity index (χ0v) is 13.3. The lowest BCUT2D eigenvalue weighted by Gasteiger charge is -2.22. The lowest BCUT2D eigenvalue weighted by molar-refractivity contribution is -0.114. The number of hydrogen-bond acceptors (Lipinski definition) is 3. The van der Waals surface area contributed by atoms with E-state index in [1.165, 1.54) is 0 Å². The van der Waals surface area contributed by atoms with Gasteiger partial charge in [0.25, 0.3) is 11.7 Å². The molecular weight excluding hydrogens is 264 g/mol. The summed E-state index contributed by atoms with van der Waals surface area (Å²) in [5.41, 5.74) is 3.34. The van der Waals surface area contributed by atoms with Gasteiger partial charge < -0.3 is 10.2 Å². The Balaban J connectivity index is 2.19. The number of rotatable bonds is 6. The second-order valence-corrected chi connectivity index (χ2v) is 6.03. The molecular formula is C17H24N2O2. The Kier molecular flexibility index (Phi) is 4.78. The minimum atomic E-state index is -0.388. The van der Waals surface area contributed by atoms with Crippen molar-refractivity contribution < 1.29 is 9.59 Å². The van der Waals surface area contributed by atoms with E-state index in [9.17, 15) is 9.59 Å². The predicted molar refractivity (Wildman–Crippen MR) is 84.9 cm³/mol. The van der Waals surface area contributed by atoms with Gasteiger partial charge in [0.2, 0.25) is 0 Å². The van der Waals surface area contributed by atoms with Gasteiger partial charge in [0.1, 0.15) is 0 Å². The first-order valence-electron chi connectivity index (χ1n) is 7.63. The van der Waals surface area contributed by atoms with Crippen LogP contribution in [0.15, 0.2) is 12.1 Å². The van der Waals surface area contributed by atoms with Crippen LogP contribution in [0.4, 0.5) is 5.69 Å². The molecule has 0 saturated heterocycles. The summed E-state index contributed by atoms with van der Waals surface area (Å²) in [5, 5.41) is 3.36. The highest BCUT2D eigenvalue weighted by molar-refractivity contribution is 6.52. The Hall–Kier alpha value is -1.68. The minimum Gasteiger partial charge on any atom is -0.316 e. The van der Waals surface area contributed by atoms with Gasteiger partial charge in [0.05, 0.1) is 11.3 Å². The summed E-state index contributed by atoms with van der Waals surface area (Å²) < 4.78 is 0. The first kappa shape index (κ1) is 15.7. The number of amides is 1. The topological polar surface area (TPSA) is 49.4 Å². The molecule has 2 rings (SSSR count). The number of nitrogens with one attached hydrogen (secondary N) is 1. The van der Waals surface area contributed by atoms with Gasteiger partial charge >= 0.3 is 0 Å². The molecule has 114 valence electrons. The van der Waals surface area contributed by atoms with E-state index in [2.05, 4.69) is 19.2 Å². The maximum Gasteiger partial charge on any atom is 0.299 e. The number of aryl methyl sites for hydroxylation is 2. The standard InChI is InChI=1S/C17H24N2O2/c1-5-6-18-9-12(3)10-19-14-8-11(2)7-13(4)15(14)16(20)17(19)21/h7-8,12,18H,5-6,9-10H2,1-4H3. The van der Waals surface area contributed by atoms with E-state index >= 15 is 0 Å². The Morgan fingerprint density at radius 1 is 1.24 bits per heavy atom. The van der Waals surface area contributed by atoms with Crippen molar-refractivity contribution in [3.63, 3.8) is 0 Å². The maximum atomic E-state index is 12.2. The average molecular weight is 288 g/mol. The van der Waals surface area contributed by atoms with Gasteiger partial charge in [-0.05, 0) is 56.5 Å². The van der Waals surface area contributed by atoms with Gasteiger partial charge in [-0.3, -0.25) is 9.59 Å². The number of Topliss-reactive ketones (excluding diaryl/α,β-unsaturated/α-hetero) is 1. The van der Waals surface area contributed by atoms with Crippen molar-refractivity contribution in [1.29, 1.82) is 0 Å². The van der Waals surface area contributed by atoms with Gasteiger partial charge in [-0.25, -0.2) is 0 Å². The monoisotopic (exact) mass is 288 g/mol. The summed E-state index contributed by atoms with van der Waals surface area (Å²) in [6.07, 6.45) is 1.09. The fourth-order valence-electron chi connectivity index (χ4n) is 2.88. The summed E-state index contributed by atoms with van der Waals surface area (Å²) in [6, 6.07) is 3.90. The van der Waals surface area contributed by atoms with E-state index in [1.807, 2.05) is 26.0 Å². The number of carbonyl (C=O) groups excluding carboxylic acids is 2. The van der Waals surface area contributed by atoms with E-state index in [4.69, 9.17) is 0 Å². The van der Waals surface area contributed by atoms with Gasteiger partial charge in [-0.2, -0.15) is 0 Å². The molecule has 0 bridgehead atoms. The Labute approximate surface area is 126 Å². The molecule has 1 aromatic carbocycles. The number of fused-ring (bicyclic) bond motifs is 1. The van der Waals surface area contributed by atoms with Crippen LogP contribution in [-0.4, -0.2) is 31.3 Å². The normalized spacial score (nSPS) is 15.5. The van der Waals surface area contributed by atoms with Crippen LogP contribution in [0, 0.1) is 19.8 Å². The van der Waals surface area contributed by atoms with E-state index < -0.39 is 0 Å². The highest BCUT2D eigenvalue weighted by atomic mass is 16.2. The number of ketones is 1. The van der Waals surface area contributed by atoms with Gasteiger partial charge in [0.15, 0.2) is 0 Å². The molecule has 1 aliphatic heterocycles. The second kappa shape index (κ2) is 6.39. The third kappa shape index (κ3) is 3.16. The zero-order valence-electron chi connectivity index (χ0n) is 13.3.